The number of hydrogen-bond acceptors (Lipinski definition) is 3. The van der Waals surface area contributed by atoms with E-state index in [1.165, 1.54) is 0 Å². The molecule has 0 saturated carbocycles. The van der Waals surface area contributed by atoms with Crippen LogP contribution in [0.25, 0.3) is 10.9 Å². The lowest BCUT2D eigenvalue weighted by Crippen LogP contribution is -2.15. The highest BCUT2D eigenvalue weighted by molar-refractivity contribution is 7.91. The standard InChI is InChI=1S/C13H18N2O2S/c1-2-9-18(16,17)10-8-15-7-6-11-4-3-5-12(14)13(11)15/h3-7H,2,8-10,14H2,1H3. The third-order valence-electron chi connectivity index (χ3n) is 2.98. The Hall–Kier alpha value is -1.49. The maximum atomic E-state index is 11.7. The number of anilines is 1. The van der Waals surface area contributed by atoms with Gasteiger partial charge < -0.3 is 10.3 Å². The summed E-state index contributed by atoms with van der Waals surface area (Å²) in [6.07, 6.45) is 2.55. The molecule has 1 heterocycles. The van der Waals surface area contributed by atoms with Gasteiger partial charge in [0.2, 0.25) is 0 Å². The minimum absolute atomic E-state index is 0.166. The van der Waals surface area contributed by atoms with E-state index in [0.29, 0.717) is 18.7 Å². The van der Waals surface area contributed by atoms with Crippen molar-refractivity contribution in [2.45, 2.75) is 19.9 Å². The molecule has 2 N–H and O–H groups in total. The van der Waals surface area contributed by atoms with Crippen molar-refractivity contribution in [2.75, 3.05) is 17.2 Å². The molecule has 0 fully saturated rings. The number of rotatable bonds is 5. The van der Waals surface area contributed by atoms with Crippen molar-refractivity contribution >= 4 is 26.4 Å². The highest BCUT2D eigenvalue weighted by Crippen LogP contribution is 2.22. The number of benzene rings is 1. The van der Waals surface area contributed by atoms with Crippen LogP contribution >= 0.6 is 0 Å². The van der Waals surface area contributed by atoms with E-state index < -0.39 is 9.84 Å². The predicted molar refractivity (Wildman–Crippen MR) is 75.3 cm³/mol. The van der Waals surface area contributed by atoms with E-state index in [-0.39, 0.29) is 11.5 Å². The molecule has 98 valence electrons. The van der Waals surface area contributed by atoms with Crippen LogP contribution in [0.3, 0.4) is 0 Å². The maximum absolute atomic E-state index is 11.7. The number of nitrogens with zero attached hydrogens (tertiary/aromatic N) is 1. The zero-order valence-corrected chi connectivity index (χ0v) is 11.3. The van der Waals surface area contributed by atoms with Crippen LogP contribution in [0.4, 0.5) is 5.69 Å². The summed E-state index contributed by atoms with van der Waals surface area (Å²) in [6.45, 7) is 2.33. The summed E-state index contributed by atoms with van der Waals surface area (Å²) in [7, 11) is -2.95. The molecule has 0 bridgehead atoms. The molecule has 0 unspecified atom stereocenters. The fourth-order valence-electron chi connectivity index (χ4n) is 2.13. The number of aromatic nitrogens is 1. The SMILES string of the molecule is CCCS(=O)(=O)CCn1ccc2cccc(N)c21. The molecule has 0 radical (unpaired) electrons. The van der Waals surface area contributed by atoms with E-state index in [1.54, 1.807) is 0 Å². The number of para-hydroxylation sites is 1. The Morgan fingerprint density at radius 1 is 1.22 bits per heavy atom. The largest absolute Gasteiger partial charge is 0.397 e. The van der Waals surface area contributed by atoms with E-state index in [4.69, 9.17) is 5.73 Å². The van der Waals surface area contributed by atoms with Gasteiger partial charge >= 0.3 is 0 Å². The van der Waals surface area contributed by atoms with Crippen molar-refractivity contribution in [2.24, 2.45) is 0 Å². The minimum Gasteiger partial charge on any atom is -0.397 e. The topological polar surface area (TPSA) is 65.1 Å². The van der Waals surface area contributed by atoms with Crippen molar-refractivity contribution in [1.82, 2.24) is 4.57 Å². The van der Waals surface area contributed by atoms with Crippen LogP contribution in [0, 0.1) is 0 Å². The first-order valence-electron chi connectivity index (χ1n) is 6.07. The van der Waals surface area contributed by atoms with Gasteiger partial charge in [0.05, 0.1) is 17.0 Å². The Morgan fingerprint density at radius 3 is 2.72 bits per heavy atom. The average molecular weight is 266 g/mol. The molecule has 0 aliphatic rings. The van der Waals surface area contributed by atoms with Crippen molar-refractivity contribution in [3.8, 4) is 0 Å². The van der Waals surface area contributed by atoms with E-state index in [0.717, 1.165) is 10.9 Å². The number of sulfone groups is 1. The lowest BCUT2D eigenvalue weighted by atomic mass is 10.2. The third kappa shape index (κ3) is 2.67. The number of nitrogen functional groups attached to an aromatic ring is 1. The van der Waals surface area contributed by atoms with Crippen LogP contribution in [-0.2, 0) is 16.4 Å². The van der Waals surface area contributed by atoms with E-state index >= 15 is 0 Å². The maximum Gasteiger partial charge on any atom is 0.152 e. The smallest absolute Gasteiger partial charge is 0.152 e. The lowest BCUT2D eigenvalue weighted by Gasteiger charge is -2.07. The second kappa shape index (κ2) is 5.02. The second-order valence-corrected chi connectivity index (χ2v) is 6.75. The number of hydrogen-bond donors (Lipinski definition) is 1. The van der Waals surface area contributed by atoms with Gasteiger partial charge in [-0.1, -0.05) is 19.1 Å². The minimum atomic E-state index is -2.95. The van der Waals surface area contributed by atoms with Gasteiger partial charge in [0, 0.05) is 23.9 Å². The molecule has 2 rings (SSSR count). The number of fused-ring (bicyclic) bond motifs is 1. The monoisotopic (exact) mass is 266 g/mol. The van der Waals surface area contributed by atoms with Gasteiger partial charge in [-0.25, -0.2) is 8.42 Å². The summed E-state index contributed by atoms with van der Waals surface area (Å²) >= 11 is 0. The summed E-state index contributed by atoms with van der Waals surface area (Å²) in [4.78, 5) is 0. The van der Waals surface area contributed by atoms with Crippen molar-refractivity contribution < 1.29 is 8.42 Å². The number of aryl methyl sites for hydroxylation is 1. The molecule has 0 spiro atoms. The molecule has 2 aromatic rings. The predicted octanol–water partition coefficient (Wildman–Crippen LogP) is 2.05. The van der Waals surface area contributed by atoms with E-state index in [1.807, 2.05) is 42.0 Å². The van der Waals surface area contributed by atoms with Gasteiger partial charge in [0.15, 0.2) is 9.84 Å². The zero-order chi connectivity index (χ0) is 13.2. The first kappa shape index (κ1) is 13.0. The van der Waals surface area contributed by atoms with Crippen LogP contribution < -0.4 is 5.73 Å². The second-order valence-electron chi connectivity index (χ2n) is 4.45. The Labute approximate surface area is 107 Å². The molecule has 5 heteroatoms. The molecule has 0 atom stereocenters. The van der Waals surface area contributed by atoms with E-state index in [9.17, 15) is 8.42 Å². The van der Waals surface area contributed by atoms with Crippen LogP contribution in [0.15, 0.2) is 30.5 Å². The van der Waals surface area contributed by atoms with Crippen molar-refractivity contribution in [3.05, 3.63) is 30.5 Å². The summed E-state index contributed by atoms with van der Waals surface area (Å²) in [6, 6.07) is 7.66. The molecule has 1 aromatic heterocycles. The fraction of sp³-hybridized carbons (Fsp3) is 0.385. The first-order chi connectivity index (χ1) is 8.53. The summed E-state index contributed by atoms with van der Waals surface area (Å²) < 4.78 is 25.3. The third-order valence-corrected chi connectivity index (χ3v) is 4.81. The molecule has 0 amide bonds. The highest BCUT2D eigenvalue weighted by Gasteiger charge is 2.11. The van der Waals surface area contributed by atoms with Gasteiger partial charge in [0.25, 0.3) is 0 Å². The van der Waals surface area contributed by atoms with Crippen LogP contribution in [-0.4, -0.2) is 24.5 Å². The van der Waals surface area contributed by atoms with Gasteiger partial charge in [-0.2, -0.15) is 0 Å². The molecular weight excluding hydrogens is 248 g/mol. The first-order valence-corrected chi connectivity index (χ1v) is 7.89. The zero-order valence-electron chi connectivity index (χ0n) is 10.5. The van der Waals surface area contributed by atoms with Crippen LogP contribution in [0.2, 0.25) is 0 Å². The fourth-order valence-corrected chi connectivity index (χ4v) is 3.43. The molecule has 0 aliphatic carbocycles. The van der Waals surface area contributed by atoms with Crippen LogP contribution in [0.5, 0.6) is 0 Å². The van der Waals surface area contributed by atoms with Gasteiger partial charge in [-0.05, 0) is 18.6 Å². The average Bonchev–Trinajstić information content (AvgIpc) is 2.71. The normalized spacial score (nSPS) is 12.1. The highest BCUT2D eigenvalue weighted by atomic mass is 32.2. The van der Waals surface area contributed by atoms with Gasteiger partial charge in [0.1, 0.15) is 0 Å². The summed E-state index contributed by atoms with van der Waals surface area (Å²) in [5.74, 6) is 0.417. The van der Waals surface area contributed by atoms with E-state index in [2.05, 4.69) is 0 Å². The summed E-state index contributed by atoms with van der Waals surface area (Å²) in [5, 5.41) is 1.04. The molecular formula is C13H18N2O2S. The van der Waals surface area contributed by atoms with Crippen molar-refractivity contribution in [1.29, 1.82) is 0 Å². The number of nitrogens with two attached hydrogens (primary N) is 1. The Kier molecular flexibility index (Phi) is 3.61. The lowest BCUT2D eigenvalue weighted by molar-refractivity contribution is 0.589. The molecule has 18 heavy (non-hydrogen) atoms. The van der Waals surface area contributed by atoms with Crippen LogP contribution in [0.1, 0.15) is 13.3 Å². The van der Waals surface area contributed by atoms with Crippen molar-refractivity contribution in [3.63, 3.8) is 0 Å². The van der Waals surface area contributed by atoms with Gasteiger partial charge in [-0.15, -0.1) is 0 Å². The molecule has 0 saturated heterocycles. The molecule has 0 aliphatic heterocycles. The summed E-state index contributed by atoms with van der Waals surface area (Å²) in [5.41, 5.74) is 7.54. The Morgan fingerprint density at radius 2 is 2.00 bits per heavy atom. The van der Waals surface area contributed by atoms with Gasteiger partial charge in [-0.3, -0.25) is 0 Å². The molecule has 4 nitrogen and oxygen atoms in total. The Balaban J connectivity index is 2.23. The Bertz CT molecular complexity index is 644. The molecule has 1 aromatic carbocycles. The quantitative estimate of drug-likeness (QED) is 0.842.